The van der Waals surface area contributed by atoms with Crippen LogP contribution in [-0.2, 0) is 14.3 Å². The fraction of sp³-hybridized carbons (Fsp3) is 0.667. The van der Waals surface area contributed by atoms with Crippen LogP contribution in [0, 0.1) is 11.7 Å². The molecule has 3 aliphatic heterocycles. The summed E-state index contributed by atoms with van der Waals surface area (Å²) in [7, 11) is 0. The van der Waals surface area contributed by atoms with Crippen molar-refractivity contribution >= 4 is 29.3 Å². The molecule has 3 heterocycles. The highest BCUT2D eigenvalue weighted by molar-refractivity contribution is 6.01. The smallest absolute Gasteiger partial charge is 0.410 e. The van der Waals surface area contributed by atoms with Crippen molar-refractivity contribution in [3.8, 4) is 0 Å². The minimum atomic E-state index is -4.50. The van der Waals surface area contributed by atoms with Crippen LogP contribution in [0.2, 0.25) is 0 Å². The van der Waals surface area contributed by atoms with Gasteiger partial charge in [0.1, 0.15) is 23.5 Å². The summed E-state index contributed by atoms with van der Waals surface area (Å²) in [6, 6.07) is 1.64. The van der Waals surface area contributed by atoms with E-state index in [0.717, 1.165) is 6.07 Å². The van der Waals surface area contributed by atoms with E-state index in [4.69, 9.17) is 4.74 Å². The normalized spacial score (nSPS) is 23.7. The fourth-order valence-electron chi connectivity index (χ4n) is 5.41. The minimum Gasteiger partial charge on any atom is -0.444 e. The molecule has 4 rings (SSSR count). The van der Waals surface area contributed by atoms with Crippen molar-refractivity contribution in [2.45, 2.75) is 70.3 Å². The van der Waals surface area contributed by atoms with Crippen molar-refractivity contribution in [3.63, 3.8) is 0 Å². The third-order valence-corrected chi connectivity index (χ3v) is 7.50. The Hall–Kier alpha value is -3.09. The van der Waals surface area contributed by atoms with Crippen molar-refractivity contribution in [1.82, 2.24) is 15.1 Å². The number of halogens is 4. The van der Waals surface area contributed by atoms with Gasteiger partial charge in [-0.05, 0) is 64.2 Å². The van der Waals surface area contributed by atoms with E-state index < -0.39 is 48.2 Å². The number of nitrogens with zero attached hydrogens (tertiary/aromatic N) is 3. The van der Waals surface area contributed by atoms with E-state index in [2.05, 4.69) is 10.6 Å². The van der Waals surface area contributed by atoms with Crippen molar-refractivity contribution in [3.05, 3.63) is 24.0 Å². The van der Waals surface area contributed by atoms with Crippen molar-refractivity contribution < 1.29 is 36.7 Å². The quantitative estimate of drug-likeness (QED) is 0.411. The van der Waals surface area contributed by atoms with Crippen LogP contribution in [0.25, 0.3) is 0 Å². The predicted molar refractivity (Wildman–Crippen MR) is 140 cm³/mol. The number of carbonyl (C=O) groups is 3. The minimum absolute atomic E-state index is 0.00413. The lowest BCUT2D eigenvalue weighted by Crippen LogP contribution is -2.60. The monoisotopic (exact) mass is 571 g/mol. The third-order valence-electron chi connectivity index (χ3n) is 7.50. The zero-order valence-corrected chi connectivity index (χ0v) is 23.0. The van der Waals surface area contributed by atoms with Gasteiger partial charge in [-0.2, -0.15) is 13.2 Å². The average molecular weight is 572 g/mol. The van der Waals surface area contributed by atoms with Gasteiger partial charge in [-0.3, -0.25) is 19.8 Å². The molecule has 0 saturated carbocycles. The van der Waals surface area contributed by atoms with Crippen LogP contribution in [0.1, 0.15) is 46.5 Å². The molecule has 0 radical (unpaired) electrons. The Bertz CT molecular complexity index is 1100. The molecule has 0 spiro atoms. The lowest BCUT2D eigenvalue weighted by molar-refractivity contribution is -0.186. The number of piperazine rings is 1. The number of anilines is 2. The van der Waals surface area contributed by atoms with Crippen molar-refractivity contribution in [2.75, 3.05) is 49.5 Å². The molecule has 1 aromatic rings. The molecule has 3 aliphatic rings. The molecular weight excluding hydrogens is 534 g/mol. The number of likely N-dealkylation sites (tertiary alicyclic amines) is 1. The second-order valence-corrected chi connectivity index (χ2v) is 11.7. The molecule has 9 nitrogen and oxygen atoms in total. The Morgan fingerprint density at radius 2 is 1.77 bits per heavy atom. The SMILES string of the molecule is CC(C)(C)OC(=O)N1CCC(CN2CCN(c3ccc(NC4CCC(=O)NC4=O)cc3F)CC2C(F)(F)F)CC1. The zero-order chi connectivity index (χ0) is 29.2. The number of alkyl halides is 3. The summed E-state index contributed by atoms with van der Waals surface area (Å²) in [6.07, 6.45) is -3.31. The number of carbonyl (C=O) groups excluding carboxylic acids is 3. The second kappa shape index (κ2) is 11.8. The standard InChI is InChI=1S/C27H37F4N5O4/c1-26(2,3)40-25(39)34-10-8-17(9-11-34)15-36-13-12-35(16-22(36)27(29,30)31)21-6-4-18(14-19(21)28)32-20-5-7-23(37)33-24(20)38/h4,6,14,17,20,22,32H,5,7-13,15-16H2,1-3H3,(H,33,37,38). The number of imide groups is 1. The number of amides is 3. The van der Waals surface area contributed by atoms with E-state index in [1.807, 2.05) is 0 Å². The highest BCUT2D eigenvalue weighted by atomic mass is 19.4. The number of benzene rings is 1. The highest BCUT2D eigenvalue weighted by Crippen LogP contribution is 2.33. The summed E-state index contributed by atoms with van der Waals surface area (Å²) in [6.45, 7) is 6.40. The lowest BCUT2D eigenvalue weighted by atomic mass is 9.95. The second-order valence-electron chi connectivity index (χ2n) is 11.7. The van der Waals surface area contributed by atoms with Crippen LogP contribution in [0.3, 0.4) is 0 Å². The van der Waals surface area contributed by atoms with Gasteiger partial charge >= 0.3 is 12.3 Å². The van der Waals surface area contributed by atoms with Gasteiger partial charge in [-0.25, -0.2) is 9.18 Å². The average Bonchev–Trinajstić information content (AvgIpc) is 2.85. The van der Waals surface area contributed by atoms with E-state index in [-0.39, 0.29) is 50.0 Å². The Labute approximate surface area is 231 Å². The molecule has 1 aromatic carbocycles. The lowest BCUT2D eigenvalue weighted by Gasteiger charge is -2.45. The molecule has 2 N–H and O–H groups in total. The summed E-state index contributed by atoms with van der Waals surface area (Å²) >= 11 is 0. The largest absolute Gasteiger partial charge is 0.444 e. The van der Waals surface area contributed by atoms with Crippen LogP contribution in [-0.4, -0.2) is 90.8 Å². The molecule has 2 unspecified atom stereocenters. The van der Waals surface area contributed by atoms with Crippen LogP contribution >= 0.6 is 0 Å². The van der Waals surface area contributed by atoms with Gasteiger partial charge in [0.25, 0.3) is 0 Å². The first kappa shape index (κ1) is 29.9. The molecule has 0 bridgehead atoms. The van der Waals surface area contributed by atoms with Gasteiger partial charge in [-0.15, -0.1) is 0 Å². The van der Waals surface area contributed by atoms with Gasteiger partial charge in [0.2, 0.25) is 11.8 Å². The topological polar surface area (TPSA) is 94.2 Å². The number of rotatable bonds is 5. The number of hydrogen-bond donors (Lipinski definition) is 2. The van der Waals surface area contributed by atoms with Crippen molar-refractivity contribution in [1.29, 1.82) is 0 Å². The summed E-state index contributed by atoms with van der Waals surface area (Å²) in [4.78, 5) is 40.1. The number of ether oxygens (including phenoxy) is 1. The summed E-state index contributed by atoms with van der Waals surface area (Å²) in [5.41, 5.74) is -0.245. The molecule has 0 aliphatic carbocycles. The van der Waals surface area contributed by atoms with Gasteiger partial charge in [0.15, 0.2) is 0 Å². The molecule has 3 saturated heterocycles. The molecule has 222 valence electrons. The van der Waals surface area contributed by atoms with Gasteiger partial charge in [0, 0.05) is 51.4 Å². The maximum Gasteiger partial charge on any atom is 0.410 e. The van der Waals surface area contributed by atoms with Gasteiger partial charge in [0.05, 0.1) is 5.69 Å². The molecule has 3 fully saturated rings. The van der Waals surface area contributed by atoms with E-state index >= 15 is 4.39 Å². The zero-order valence-electron chi connectivity index (χ0n) is 23.0. The van der Waals surface area contributed by atoms with Crippen LogP contribution in [0.15, 0.2) is 18.2 Å². The maximum atomic E-state index is 15.1. The van der Waals surface area contributed by atoms with Gasteiger partial charge in [-0.1, -0.05) is 0 Å². The van der Waals surface area contributed by atoms with E-state index in [9.17, 15) is 27.6 Å². The Morgan fingerprint density at radius 1 is 1.07 bits per heavy atom. The third kappa shape index (κ3) is 7.55. The van der Waals surface area contributed by atoms with E-state index in [0.29, 0.717) is 31.6 Å². The molecular formula is C27H37F4N5O4. The Morgan fingerprint density at radius 3 is 2.38 bits per heavy atom. The first-order chi connectivity index (χ1) is 18.7. The Kier molecular flexibility index (Phi) is 8.81. The summed E-state index contributed by atoms with van der Waals surface area (Å²) in [5.74, 6) is -1.56. The molecule has 13 heteroatoms. The van der Waals surface area contributed by atoms with Crippen LogP contribution < -0.4 is 15.5 Å². The van der Waals surface area contributed by atoms with Crippen LogP contribution in [0.4, 0.5) is 33.7 Å². The molecule has 3 amide bonds. The molecule has 2 atom stereocenters. The highest BCUT2D eigenvalue weighted by Gasteiger charge is 2.47. The molecule has 0 aromatic heterocycles. The first-order valence-corrected chi connectivity index (χ1v) is 13.6. The number of piperidine rings is 2. The van der Waals surface area contributed by atoms with Gasteiger partial charge < -0.3 is 19.9 Å². The summed E-state index contributed by atoms with van der Waals surface area (Å²) in [5, 5.41) is 5.10. The Balaban J connectivity index is 1.35. The summed E-state index contributed by atoms with van der Waals surface area (Å²) < 4.78 is 62.9. The van der Waals surface area contributed by atoms with E-state index in [1.54, 1.807) is 25.7 Å². The number of hydrogen-bond acceptors (Lipinski definition) is 7. The predicted octanol–water partition coefficient (Wildman–Crippen LogP) is 3.74. The molecule has 40 heavy (non-hydrogen) atoms. The van der Waals surface area contributed by atoms with Crippen molar-refractivity contribution in [2.24, 2.45) is 5.92 Å². The first-order valence-electron chi connectivity index (χ1n) is 13.6. The van der Waals surface area contributed by atoms with E-state index in [1.165, 1.54) is 21.9 Å². The number of nitrogens with one attached hydrogen (secondary N) is 2. The fourth-order valence-corrected chi connectivity index (χ4v) is 5.41. The maximum absolute atomic E-state index is 15.1. The van der Waals surface area contributed by atoms with Crippen LogP contribution in [0.5, 0.6) is 0 Å².